The Balaban J connectivity index is 0. The summed E-state index contributed by atoms with van der Waals surface area (Å²) in [5.74, 6) is 0. The normalized spacial score (nSPS) is 7.57. The average molecular weight is 99.2 g/mol. The molecule has 0 aliphatic heterocycles. The molecule has 1 heteroatoms. The van der Waals surface area contributed by atoms with E-state index in [2.05, 4.69) is 18.5 Å². The molecule has 0 atom stereocenters. The highest BCUT2D eigenvalue weighted by molar-refractivity contribution is 5.07. The van der Waals surface area contributed by atoms with Crippen LogP contribution in [0, 0.1) is 0 Å². The van der Waals surface area contributed by atoms with Crippen LogP contribution in [0.1, 0.15) is 8.35 Å². The van der Waals surface area contributed by atoms with E-state index in [9.17, 15) is 0 Å². The number of allylic oxidation sites excluding steroid dienone is 1. The maximum absolute atomic E-state index is 3.63. The second-order valence-electron chi connectivity index (χ2n) is 1.26. The molecule has 0 aromatic carbocycles. The van der Waals surface area contributed by atoms with Crippen LogP contribution in [0.25, 0.3) is 0 Å². The summed E-state index contributed by atoms with van der Waals surface area (Å²) in [4.78, 5) is 0. The van der Waals surface area contributed by atoms with E-state index in [1.54, 1.807) is 6.08 Å². The zero-order chi connectivity index (χ0) is 5.70. The first-order valence-corrected chi connectivity index (χ1v) is 2.36. The quantitative estimate of drug-likeness (QED) is 0.529. The van der Waals surface area contributed by atoms with E-state index in [4.69, 9.17) is 0 Å². The fourth-order valence-corrected chi connectivity index (χ4v) is 0.299. The summed E-state index contributed by atoms with van der Waals surface area (Å²) >= 11 is 0. The van der Waals surface area contributed by atoms with Crippen molar-refractivity contribution in [3.8, 4) is 0 Å². The second-order valence-corrected chi connectivity index (χ2v) is 1.26. The van der Waals surface area contributed by atoms with Crippen molar-refractivity contribution in [2.45, 2.75) is 6.92 Å². The van der Waals surface area contributed by atoms with Crippen molar-refractivity contribution in [3.05, 3.63) is 24.9 Å². The molecular weight excluding hydrogens is 86.1 g/mol. The summed E-state index contributed by atoms with van der Waals surface area (Å²) in [6.45, 7) is 10.1. The van der Waals surface area contributed by atoms with E-state index >= 15 is 0 Å². The van der Waals surface area contributed by atoms with Gasteiger partial charge in [0.1, 0.15) is 0 Å². The maximum atomic E-state index is 3.63. The molecule has 0 aliphatic carbocycles. The Hall–Kier alpha value is -0.720. The summed E-state index contributed by atoms with van der Waals surface area (Å²) in [6.07, 6.45) is 1.70. The lowest BCUT2D eigenvalue weighted by atomic mass is 10.5. The average Bonchev–Trinajstić information content (AvgIpc) is 1.68. The summed E-state index contributed by atoms with van der Waals surface area (Å²) in [5.41, 5.74) is 0.891. The highest BCUT2D eigenvalue weighted by Gasteiger charge is 1.75. The minimum absolute atomic E-state index is 0. The van der Waals surface area contributed by atoms with Crippen molar-refractivity contribution < 1.29 is 1.43 Å². The zero-order valence-corrected chi connectivity index (χ0v) is 4.70. The molecule has 0 saturated carbocycles. The molecule has 1 N–H and O–H groups in total. The van der Waals surface area contributed by atoms with Gasteiger partial charge in [0.2, 0.25) is 0 Å². The standard InChI is InChI=1S/C6H11N.H2/c1-4-6(3)7-5-2;/h4,7H,1,3,5H2,2H3;1H. The van der Waals surface area contributed by atoms with Crippen LogP contribution >= 0.6 is 0 Å². The van der Waals surface area contributed by atoms with Gasteiger partial charge in [-0.2, -0.15) is 0 Å². The molecule has 0 aromatic heterocycles. The topological polar surface area (TPSA) is 12.0 Å². The van der Waals surface area contributed by atoms with Crippen molar-refractivity contribution in [1.29, 1.82) is 0 Å². The van der Waals surface area contributed by atoms with Gasteiger partial charge in [-0.1, -0.05) is 13.2 Å². The molecule has 0 amide bonds. The highest BCUT2D eigenvalue weighted by Crippen LogP contribution is 1.79. The van der Waals surface area contributed by atoms with E-state index in [-0.39, 0.29) is 1.43 Å². The minimum atomic E-state index is 0. The number of likely N-dealkylation sites (N-methyl/N-ethyl adjacent to an activating group) is 1. The molecular formula is C6H13N. The molecule has 0 saturated heterocycles. The molecule has 0 heterocycles. The van der Waals surface area contributed by atoms with Gasteiger partial charge in [0.25, 0.3) is 0 Å². The number of rotatable bonds is 3. The van der Waals surface area contributed by atoms with Gasteiger partial charge >= 0.3 is 0 Å². The number of hydrogen-bond acceptors (Lipinski definition) is 1. The summed E-state index contributed by atoms with van der Waals surface area (Å²) < 4.78 is 0. The van der Waals surface area contributed by atoms with Crippen molar-refractivity contribution in [3.63, 3.8) is 0 Å². The lowest BCUT2D eigenvalue weighted by Crippen LogP contribution is -2.07. The van der Waals surface area contributed by atoms with Crippen molar-refractivity contribution in [2.24, 2.45) is 0 Å². The van der Waals surface area contributed by atoms with Gasteiger partial charge in [0.15, 0.2) is 0 Å². The van der Waals surface area contributed by atoms with Crippen LogP contribution in [-0.2, 0) is 0 Å². The van der Waals surface area contributed by atoms with Gasteiger partial charge < -0.3 is 5.32 Å². The van der Waals surface area contributed by atoms with E-state index < -0.39 is 0 Å². The van der Waals surface area contributed by atoms with E-state index in [1.807, 2.05) is 6.92 Å². The molecule has 1 nitrogen and oxygen atoms in total. The number of nitrogens with one attached hydrogen (secondary N) is 1. The first-order valence-electron chi connectivity index (χ1n) is 2.36. The fraction of sp³-hybridized carbons (Fsp3) is 0.333. The third-order valence-electron chi connectivity index (χ3n) is 0.650. The lowest BCUT2D eigenvalue weighted by molar-refractivity contribution is 0.883. The SMILES string of the molecule is C=CC(=C)NCC.[HH]. The Kier molecular flexibility index (Phi) is 3.11. The molecule has 7 heavy (non-hydrogen) atoms. The Morgan fingerprint density at radius 2 is 2.57 bits per heavy atom. The number of hydrogen-bond donors (Lipinski definition) is 1. The van der Waals surface area contributed by atoms with Gasteiger partial charge in [-0.3, -0.25) is 0 Å². The van der Waals surface area contributed by atoms with Crippen molar-refractivity contribution in [1.82, 2.24) is 5.32 Å². The van der Waals surface area contributed by atoms with Crippen LogP contribution in [0.4, 0.5) is 0 Å². The molecule has 0 bridgehead atoms. The summed E-state index contributed by atoms with van der Waals surface area (Å²) in [6, 6.07) is 0. The largest absolute Gasteiger partial charge is 0.386 e. The van der Waals surface area contributed by atoms with E-state index in [0.29, 0.717) is 0 Å². The first-order chi connectivity index (χ1) is 3.31. The lowest BCUT2D eigenvalue weighted by Gasteiger charge is -1.96. The summed E-state index contributed by atoms with van der Waals surface area (Å²) in [7, 11) is 0. The van der Waals surface area contributed by atoms with Crippen molar-refractivity contribution in [2.75, 3.05) is 6.54 Å². The predicted molar refractivity (Wildman–Crippen MR) is 35.1 cm³/mol. The molecule has 0 radical (unpaired) electrons. The van der Waals surface area contributed by atoms with Crippen molar-refractivity contribution >= 4 is 0 Å². The van der Waals surface area contributed by atoms with Crippen LogP contribution in [0.3, 0.4) is 0 Å². The smallest absolute Gasteiger partial charge is 0.0261 e. The Labute approximate surface area is 46.2 Å². The molecule has 0 aliphatic rings. The Morgan fingerprint density at radius 1 is 2.00 bits per heavy atom. The molecule has 42 valence electrons. The van der Waals surface area contributed by atoms with E-state index in [0.717, 1.165) is 12.2 Å². The van der Waals surface area contributed by atoms with Gasteiger partial charge in [-0.15, -0.1) is 0 Å². The second kappa shape index (κ2) is 3.47. The zero-order valence-electron chi connectivity index (χ0n) is 4.70. The van der Waals surface area contributed by atoms with Crippen LogP contribution < -0.4 is 5.32 Å². The van der Waals surface area contributed by atoms with Crippen LogP contribution in [0.5, 0.6) is 0 Å². The third-order valence-corrected chi connectivity index (χ3v) is 0.650. The third kappa shape index (κ3) is 3.10. The molecule has 0 spiro atoms. The van der Waals surface area contributed by atoms with Crippen LogP contribution in [0.2, 0.25) is 0 Å². The molecule has 0 fully saturated rings. The highest BCUT2D eigenvalue weighted by atomic mass is 14.8. The Bertz CT molecular complexity index is 78.6. The summed E-state index contributed by atoms with van der Waals surface area (Å²) in [5, 5.41) is 2.98. The van der Waals surface area contributed by atoms with Gasteiger partial charge in [0.05, 0.1) is 0 Å². The van der Waals surface area contributed by atoms with Gasteiger partial charge in [0, 0.05) is 13.7 Å². The van der Waals surface area contributed by atoms with Crippen LogP contribution in [-0.4, -0.2) is 6.54 Å². The minimum Gasteiger partial charge on any atom is -0.386 e. The molecule has 0 aromatic rings. The first kappa shape index (κ1) is 6.28. The van der Waals surface area contributed by atoms with Crippen LogP contribution in [0.15, 0.2) is 24.9 Å². The van der Waals surface area contributed by atoms with E-state index in [1.165, 1.54) is 0 Å². The maximum Gasteiger partial charge on any atom is 0.0261 e. The van der Waals surface area contributed by atoms with Gasteiger partial charge in [-0.25, -0.2) is 0 Å². The predicted octanol–water partition coefficient (Wildman–Crippen LogP) is 1.54. The fourth-order valence-electron chi connectivity index (χ4n) is 0.299. The Morgan fingerprint density at radius 3 is 2.71 bits per heavy atom. The molecule has 0 rings (SSSR count). The monoisotopic (exact) mass is 99.1 g/mol. The van der Waals surface area contributed by atoms with Gasteiger partial charge in [-0.05, 0) is 13.0 Å². The molecule has 0 unspecified atom stereocenters.